The molecule has 0 amide bonds. The Morgan fingerprint density at radius 2 is 2.00 bits per heavy atom. The normalized spacial score (nSPS) is 19.4. The zero-order valence-electron chi connectivity index (χ0n) is 15.9. The van der Waals surface area contributed by atoms with Crippen molar-refractivity contribution in [3.05, 3.63) is 53.9 Å². The van der Waals surface area contributed by atoms with Crippen LogP contribution in [0, 0.1) is 11.3 Å². The molecule has 2 N–H and O–H groups in total. The number of thiazole rings is 1. The quantitative estimate of drug-likeness (QED) is 0.531. The van der Waals surface area contributed by atoms with Crippen LogP contribution >= 0.6 is 11.3 Å². The maximum atomic E-state index is 10.3. The lowest BCUT2D eigenvalue weighted by Crippen LogP contribution is -2.36. The lowest BCUT2D eigenvalue weighted by atomic mass is 9.93. The van der Waals surface area contributed by atoms with E-state index >= 15 is 0 Å². The van der Waals surface area contributed by atoms with Gasteiger partial charge in [-0.15, -0.1) is 0 Å². The molecule has 2 atom stereocenters. The molecule has 2 aromatic carbocycles. The minimum atomic E-state index is -0.314. The summed E-state index contributed by atoms with van der Waals surface area (Å²) in [6.45, 7) is 0.538. The first-order valence-corrected chi connectivity index (χ1v) is 10.7. The second kappa shape index (κ2) is 7.47. The van der Waals surface area contributed by atoms with E-state index < -0.39 is 0 Å². The Balaban J connectivity index is 1.50. The minimum Gasteiger partial charge on any atom is -0.391 e. The van der Waals surface area contributed by atoms with E-state index in [9.17, 15) is 10.4 Å². The number of aliphatic hydroxyl groups is 1. The molecule has 2 aromatic heterocycles. The van der Waals surface area contributed by atoms with Gasteiger partial charge in [-0.2, -0.15) is 5.26 Å². The van der Waals surface area contributed by atoms with Crippen LogP contribution in [0.1, 0.15) is 37.1 Å². The van der Waals surface area contributed by atoms with Gasteiger partial charge >= 0.3 is 0 Å². The van der Waals surface area contributed by atoms with Gasteiger partial charge in [-0.05, 0) is 36.6 Å². The predicted octanol–water partition coefficient (Wildman–Crippen LogP) is 4.28. The first-order valence-electron chi connectivity index (χ1n) is 9.91. The number of nitriles is 1. The molecule has 7 heteroatoms. The number of nitrogens with one attached hydrogen (secondary N) is 1. The molecule has 1 saturated carbocycles. The van der Waals surface area contributed by atoms with E-state index in [1.165, 1.54) is 0 Å². The van der Waals surface area contributed by atoms with Crippen molar-refractivity contribution in [2.75, 3.05) is 5.32 Å². The smallest absolute Gasteiger partial charge is 0.214 e. The Labute approximate surface area is 172 Å². The second-order valence-electron chi connectivity index (χ2n) is 7.51. The Morgan fingerprint density at radius 3 is 2.86 bits per heavy atom. The van der Waals surface area contributed by atoms with Gasteiger partial charge in [0.2, 0.25) is 5.82 Å². The van der Waals surface area contributed by atoms with Gasteiger partial charge in [0, 0.05) is 0 Å². The summed E-state index contributed by atoms with van der Waals surface area (Å²) in [6, 6.07) is 16.2. The fourth-order valence-electron chi connectivity index (χ4n) is 4.12. The molecule has 6 nitrogen and oxygen atoms in total. The number of anilines is 1. The number of hydrogen-bond donors (Lipinski definition) is 2. The van der Waals surface area contributed by atoms with Crippen LogP contribution in [0.4, 0.5) is 5.13 Å². The van der Waals surface area contributed by atoms with Crippen molar-refractivity contribution >= 4 is 37.7 Å². The van der Waals surface area contributed by atoms with Crippen molar-refractivity contribution in [2.24, 2.45) is 0 Å². The molecule has 0 aliphatic heterocycles. The van der Waals surface area contributed by atoms with Gasteiger partial charge in [-0.1, -0.05) is 48.4 Å². The molecule has 2 unspecified atom stereocenters. The number of aliphatic hydroxyl groups excluding tert-OH is 1. The summed E-state index contributed by atoms with van der Waals surface area (Å²) < 4.78 is 3.04. The first kappa shape index (κ1) is 18.1. The number of fused-ring (bicyclic) bond motifs is 2. The van der Waals surface area contributed by atoms with Gasteiger partial charge in [0.25, 0.3) is 0 Å². The van der Waals surface area contributed by atoms with Crippen molar-refractivity contribution in [3.8, 4) is 6.07 Å². The predicted molar refractivity (Wildman–Crippen MR) is 115 cm³/mol. The average Bonchev–Trinajstić information content (AvgIpc) is 3.31. The van der Waals surface area contributed by atoms with E-state index in [0.717, 1.165) is 57.6 Å². The summed E-state index contributed by atoms with van der Waals surface area (Å²) in [5.41, 5.74) is 3.76. The second-order valence-corrected chi connectivity index (χ2v) is 8.54. The highest BCUT2D eigenvalue weighted by atomic mass is 32.1. The molecule has 0 spiro atoms. The molecule has 0 bridgehead atoms. The largest absolute Gasteiger partial charge is 0.391 e. The Bertz CT molecular complexity index is 1220. The lowest BCUT2D eigenvalue weighted by molar-refractivity contribution is 0.116. The molecule has 146 valence electrons. The molecule has 2 heterocycles. The van der Waals surface area contributed by atoms with E-state index in [0.29, 0.717) is 12.4 Å². The number of rotatable bonds is 4. The zero-order valence-corrected chi connectivity index (χ0v) is 16.7. The van der Waals surface area contributed by atoms with Crippen LogP contribution in [0.25, 0.3) is 21.3 Å². The summed E-state index contributed by atoms with van der Waals surface area (Å²) in [4.78, 5) is 9.28. The van der Waals surface area contributed by atoms with Crippen LogP contribution in [-0.2, 0) is 6.54 Å². The highest BCUT2D eigenvalue weighted by Crippen LogP contribution is 2.31. The van der Waals surface area contributed by atoms with Crippen LogP contribution < -0.4 is 5.32 Å². The van der Waals surface area contributed by atoms with Crippen LogP contribution in [0.2, 0.25) is 0 Å². The third-order valence-corrected chi connectivity index (χ3v) is 6.58. The number of benzene rings is 2. The van der Waals surface area contributed by atoms with Crippen molar-refractivity contribution in [1.29, 1.82) is 5.26 Å². The van der Waals surface area contributed by atoms with Crippen LogP contribution in [0.15, 0.2) is 42.5 Å². The molecule has 29 heavy (non-hydrogen) atoms. The minimum absolute atomic E-state index is 0.0653. The van der Waals surface area contributed by atoms with Gasteiger partial charge in [-0.3, -0.25) is 0 Å². The number of nitrogens with zero attached hydrogens (tertiary/aromatic N) is 4. The molecular weight excluding hydrogens is 382 g/mol. The standard InChI is InChI=1S/C22H21N5OS/c23-12-20-24-15-7-1-3-9-17(15)27(20)13-14-6-5-11-19-21(14)26-22(29-19)25-16-8-2-4-10-18(16)28/h1,3,5-7,9,11,16,18,28H,2,4,8,10,13H2,(H,25,26). The third-order valence-electron chi connectivity index (χ3n) is 5.62. The van der Waals surface area contributed by atoms with E-state index in [2.05, 4.69) is 28.5 Å². The molecular formula is C22H21N5OS. The average molecular weight is 404 g/mol. The van der Waals surface area contributed by atoms with Crippen molar-refractivity contribution in [2.45, 2.75) is 44.4 Å². The molecule has 4 aromatic rings. The maximum absolute atomic E-state index is 10.3. The number of aromatic nitrogens is 3. The number of para-hydroxylation sites is 3. The monoisotopic (exact) mass is 403 g/mol. The molecule has 5 rings (SSSR count). The van der Waals surface area contributed by atoms with Crippen molar-refractivity contribution in [1.82, 2.24) is 14.5 Å². The molecule has 0 saturated heterocycles. The molecule has 1 aliphatic rings. The Kier molecular flexibility index (Phi) is 4.66. The van der Waals surface area contributed by atoms with Gasteiger partial charge < -0.3 is 15.0 Å². The van der Waals surface area contributed by atoms with E-state index in [1.807, 2.05) is 34.9 Å². The Morgan fingerprint density at radius 1 is 1.14 bits per heavy atom. The third kappa shape index (κ3) is 3.35. The van der Waals surface area contributed by atoms with E-state index in [1.54, 1.807) is 11.3 Å². The molecule has 0 radical (unpaired) electrons. The fourth-order valence-corrected chi connectivity index (χ4v) is 5.10. The SMILES string of the molecule is N#Cc1nc2ccccc2n1Cc1cccc2sc(NC3CCCCC3O)nc12. The van der Waals surface area contributed by atoms with Gasteiger partial charge in [-0.25, -0.2) is 9.97 Å². The van der Waals surface area contributed by atoms with Crippen molar-refractivity contribution < 1.29 is 5.11 Å². The molecule has 1 aliphatic carbocycles. The topological polar surface area (TPSA) is 86.8 Å². The number of imidazole rings is 1. The van der Waals surface area contributed by atoms with Crippen molar-refractivity contribution in [3.63, 3.8) is 0 Å². The highest BCUT2D eigenvalue weighted by Gasteiger charge is 2.24. The highest BCUT2D eigenvalue weighted by molar-refractivity contribution is 7.22. The number of hydrogen-bond acceptors (Lipinski definition) is 6. The first-order chi connectivity index (χ1) is 14.2. The van der Waals surface area contributed by atoms with Crippen LogP contribution in [0.3, 0.4) is 0 Å². The summed E-state index contributed by atoms with van der Waals surface area (Å²) in [5, 5.41) is 24.1. The van der Waals surface area contributed by atoms with Crippen LogP contribution in [-0.4, -0.2) is 31.8 Å². The lowest BCUT2D eigenvalue weighted by Gasteiger charge is -2.28. The van der Waals surface area contributed by atoms with E-state index in [4.69, 9.17) is 4.98 Å². The summed E-state index contributed by atoms with van der Waals surface area (Å²) in [7, 11) is 0. The van der Waals surface area contributed by atoms with E-state index in [-0.39, 0.29) is 12.1 Å². The van der Waals surface area contributed by atoms with Gasteiger partial charge in [0.1, 0.15) is 6.07 Å². The van der Waals surface area contributed by atoms with Crippen LogP contribution in [0.5, 0.6) is 0 Å². The Hall–Kier alpha value is -2.95. The van der Waals surface area contributed by atoms with Gasteiger partial charge in [0.05, 0.1) is 39.9 Å². The summed E-state index contributed by atoms with van der Waals surface area (Å²) >= 11 is 1.61. The summed E-state index contributed by atoms with van der Waals surface area (Å²) in [6.07, 6.45) is 3.72. The maximum Gasteiger partial charge on any atom is 0.214 e. The zero-order chi connectivity index (χ0) is 19.8. The van der Waals surface area contributed by atoms with Gasteiger partial charge in [0.15, 0.2) is 5.13 Å². The fraction of sp³-hybridized carbons (Fsp3) is 0.318. The molecule has 1 fully saturated rings. The summed E-state index contributed by atoms with van der Waals surface area (Å²) in [5.74, 6) is 0.405.